The highest BCUT2D eigenvalue weighted by Gasteiger charge is 2.46. The van der Waals surface area contributed by atoms with E-state index in [2.05, 4.69) is 0 Å². The Bertz CT molecular complexity index is 1160. The fraction of sp³-hybridized carbons (Fsp3) is 0.192. The van der Waals surface area contributed by atoms with E-state index in [1.165, 1.54) is 4.90 Å². The van der Waals surface area contributed by atoms with Gasteiger partial charge in [0.1, 0.15) is 11.8 Å². The van der Waals surface area contributed by atoms with Crippen LogP contribution in [-0.4, -0.2) is 35.8 Å². The fourth-order valence-corrected chi connectivity index (χ4v) is 4.18. The van der Waals surface area contributed by atoms with Crippen LogP contribution in [0.2, 0.25) is 5.02 Å². The number of carbonyl (C=O) groups excluding carboxylic acids is 3. The van der Waals surface area contributed by atoms with Gasteiger partial charge in [-0.1, -0.05) is 41.9 Å². The highest BCUT2D eigenvalue weighted by Crippen LogP contribution is 2.33. The number of benzene rings is 3. The van der Waals surface area contributed by atoms with Crippen molar-refractivity contribution in [2.45, 2.75) is 25.4 Å². The molecule has 0 saturated carbocycles. The molecule has 33 heavy (non-hydrogen) atoms. The van der Waals surface area contributed by atoms with Crippen molar-refractivity contribution in [3.05, 3.63) is 95.0 Å². The van der Waals surface area contributed by atoms with Crippen LogP contribution in [0.1, 0.15) is 35.3 Å². The van der Waals surface area contributed by atoms with E-state index >= 15 is 0 Å². The number of amides is 3. The maximum atomic E-state index is 13.7. The van der Waals surface area contributed by atoms with Crippen LogP contribution in [0.4, 0.5) is 5.69 Å². The summed E-state index contributed by atoms with van der Waals surface area (Å²) in [6.45, 7) is 1.86. The van der Waals surface area contributed by atoms with Gasteiger partial charge in [-0.2, -0.15) is 0 Å². The van der Waals surface area contributed by atoms with Gasteiger partial charge >= 0.3 is 0 Å². The van der Waals surface area contributed by atoms with Gasteiger partial charge in [0.2, 0.25) is 5.91 Å². The van der Waals surface area contributed by atoms with Crippen molar-refractivity contribution in [1.29, 1.82) is 0 Å². The van der Waals surface area contributed by atoms with Gasteiger partial charge in [0.05, 0.1) is 25.3 Å². The predicted molar refractivity (Wildman–Crippen MR) is 126 cm³/mol. The van der Waals surface area contributed by atoms with E-state index in [1.807, 2.05) is 37.3 Å². The quantitative estimate of drug-likeness (QED) is 0.489. The Hall–Kier alpha value is -3.64. The topological polar surface area (TPSA) is 66.9 Å². The van der Waals surface area contributed by atoms with Crippen molar-refractivity contribution >= 4 is 35.0 Å². The normalized spacial score (nSPS) is 16.6. The lowest BCUT2D eigenvalue weighted by Gasteiger charge is -2.33. The predicted octanol–water partition coefficient (Wildman–Crippen LogP) is 4.88. The number of hydrogen-bond acceptors (Lipinski definition) is 4. The average molecular weight is 463 g/mol. The molecule has 2 unspecified atom stereocenters. The molecule has 4 rings (SSSR count). The Morgan fingerprint density at radius 3 is 2.24 bits per heavy atom. The van der Waals surface area contributed by atoms with Crippen LogP contribution in [0.5, 0.6) is 5.75 Å². The Balaban J connectivity index is 1.72. The first-order valence-corrected chi connectivity index (χ1v) is 10.9. The van der Waals surface area contributed by atoms with Crippen molar-refractivity contribution in [3.8, 4) is 5.75 Å². The first kappa shape index (κ1) is 22.6. The van der Waals surface area contributed by atoms with E-state index in [4.69, 9.17) is 16.3 Å². The van der Waals surface area contributed by atoms with Crippen molar-refractivity contribution in [3.63, 3.8) is 0 Å². The van der Waals surface area contributed by atoms with Crippen LogP contribution >= 0.6 is 11.6 Å². The zero-order chi connectivity index (χ0) is 23.5. The second-order valence-electron chi connectivity index (χ2n) is 7.79. The molecule has 1 saturated heterocycles. The van der Waals surface area contributed by atoms with Gasteiger partial charge in [0.25, 0.3) is 11.8 Å². The molecule has 0 radical (unpaired) electrons. The van der Waals surface area contributed by atoms with Crippen LogP contribution in [0.25, 0.3) is 0 Å². The molecule has 1 fully saturated rings. The summed E-state index contributed by atoms with van der Waals surface area (Å²) in [5.74, 6) is -0.513. The number of imide groups is 1. The highest BCUT2D eigenvalue weighted by molar-refractivity contribution is 6.31. The van der Waals surface area contributed by atoms with Gasteiger partial charge < -0.3 is 9.64 Å². The third kappa shape index (κ3) is 4.47. The van der Waals surface area contributed by atoms with E-state index in [1.54, 1.807) is 55.6 Å². The van der Waals surface area contributed by atoms with Crippen LogP contribution < -0.4 is 9.64 Å². The molecule has 2 atom stereocenters. The Morgan fingerprint density at radius 1 is 1.00 bits per heavy atom. The third-order valence-electron chi connectivity index (χ3n) is 5.81. The van der Waals surface area contributed by atoms with E-state index in [9.17, 15) is 14.4 Å². The maximum Gasteiger partial charge on any atom is 0.257 e. The summed E-state index contributed by atoms with van der Waals surface area (Å²) in [4.78, 5) is 42.7. The first-order valence-electron chi connectivity index (χ1n) is 10.5. The molecule has 0 bridgehead atoms. The number of ether oxygens (including phenoxy) is 1. The number of carbonyl (C=O) groups is 3. The molecule has 6 nitrogen and oxygen atoms in total. The summed E-state index contributed by atoms with van der Waals surface area (Å²) < 4.78 is 5.19. The van der Waals surface area contributed by atoms with Gasteiger partial charge in [-0.05, 0) is 61.0 Å². The number of rotatable bonds is 6. The molecular weight excluding hydrogens is 440 g/mol. The van der Waals surface area contributed by atoms with Gasteiger partial charge in [-0.15, -0.1) is 0 Å². The minimum absolute atomic E-state index is 0.0967. The lowest BCUT2D eigenvalue weighted by molar-refractivity contribution is -0.122. The van der Waals surface area contributed by atoms with Crippen LogP contribution in [0.3, 0.4) is 0 Å². The summed E-state index contributed by atoms with van der Waals surface area (Å²) in [6, 6.07) is 21.3. The summed E-state index contributed by atoms with van der Waals surface area (Å²) >= 11 is 5.96. The highest BCUT2D eigenvalue weighted by atomic mass is 35.5. The van der Waals surface area contributed by atoms with Gasteiger partial charge in [-0.3, -0.25) is 14.4 Å². The molecule has 1 heterocycles. The van der Waals surface area contributed by atoms with E-state index < -0.39 is 18.0 Å². The molecule has 1 aliphatic rings. The Morgan fingerprint density at radius 2 is 1.64 bits per heavy atom. The van der Waals surface area contributed by atoms with E-state index in [0.29, 0.717) is 22.0 Å². The molecule has 0 aliphatic carbocycles. The number of methoxy groups -OCH3 is 1. The molecule has 0 spiro atoms. The summed E-state index contributed by atoms with van der Waals surface area (Å²) in [5.41, 5.74) is 1.70. The summed E-state index contributed by atoms with van der Waals surface area (Å²) in [5, 5.41) is 0.503. The maximum absolute atomic E-state index is 13.7. The molecule has 168 valence electrons. The molecule has 7 heteroatoms. The molecule has 3 aromatic rings. The third-order valence-corrected chi connectivity index (χ3v) is 6.07. The number of halogens is 1. The molecule has 3 aromatic carbocycles. The smallest absolute Gasteiger partial charge is 0.257 e. The first-order chi connectivity index (χ1) is 15.9. The van der Waals surface area contributed by atoms with Crippen molar-refractivity contribution in [2.24, 2.45) is 0 Å². The summed E-state index contributed by atoms with van der Waals surface area (Å²) in [6.07, 6.45) is -0.0967. The number of anilines is 1. The zero-order valence-corrected chi connectivity index (χ0v) is 19.0. The van der Waals surface area contributed by atoms with E-state index in [0.717, 1.165) is 10.5 Å². The Kier molecular flexibility index (Phi) is 6.47. The second-order valence-corrected chi connectivity index (χ2v) is 8.23. The van der Waals surface area contributed by atoms with Crippen molar-refractivity contribution in [2.75, 3.05) is 12.0 Å². The van der Waals surface area contributed by atoms with Crippen LogP contribution in [0.15, 0.2) is 78.9 Å². The van der Waals surface area contributed by atoms with Crippen molar-refractivity contribution < 1.29 is 19.1 Å². The number of nitrogens with zero attached hydrogens (tertiary/aromatic N) is 2. The lowest BCUT2D eigenvalue weighted by Crippen LogP contribution is -2.46. The lowest BCUT2D eigenvalue weighted by atomic mass is 10.0. The largest absolute Gasteiger partial charge is 0.497 e. The van der Waals surface area contributed by atoms with Crippen molar-refractivity contribution in [1.82, 2.24) is 4.90 Å². The molecule has 0 N–H and O–H groups in total. The fourth-order valence-electron chi connectivity index (χ4n) is 4.06. The van der Waals surface area contributed by atoms with Crippen LogP contribution in [-0.2, 0) is 9.59 Å². The standard InChI is InChI=1S/C26H23ClN2O4/c1-17(18-6-4-3-5-7-18)28(25(31)19-8-14-22(33-2)15-9-19)23-16-24(30)29(26(23)32)21-12-10-20(27)11-13-21/h3-15,17,23H,16H2,1-2H3. The zero-order valence-electron chi connectivity index (χ0n) is 18.3. The molecule has 1 aliphatic heterocycles. The minimum atomic E-state index is -0.932. The second kappa shape index (κ2) is 9.46. The average Bonchev–Trinajstić information content (AvgIpc) is 3.13. The molecule has 3 amide bonds. The molecule has 0 aromatic heterocycles. The minimum Gasteiger partial charge on any atom is -0.497 e. The molecular formula is C26H23ClN2O4. The van der Waals surface area contributed by atoms with Gasteiger partial charge in [0, 0.05) is 10.6 Å². The van der Waals surface area contributed by atoms with E-state index in [-0.39, 0.29) is 18.2 Å². The summed E-state index contributed by atoms with van der Waals surface area (Å²) in [7, 11) is 1.55. The van der Waals surface area contributed by atoms with Gasteiger partial charge in [-0.25, -0.2) is 4.90 Å². The monoisotopic (exact) mass is 462 g/mol. The van der Waals surface area contributed by atoms with Gasteiger partial charge in [0.15, 0.2) is 0 Å². The van der Waals surface area contributed by atoms with Crippen LogP contribution in [0, 0.1) is 0 Å². The SMILES string of the molecule is COc1ccc(C(=O)N(C2CC(=O)N(c3ccc(Cl)cc3)C2=O)C(C)c2ccccc2)cc1. The number of hydrogen-bond donors (Lipinski definition) is 0. The Labute approximate surface area is 197 Å².